The van der Waals surface area contributed by atoms with Gasteiger partial charge in [-0.1, -0.05) is 0 Å². The van der Waals surface area contributed by atoms with Crippen molar-refractivity contribution < 1.29 is 23.6 Å². The average Bonchev–Trinajstić information content (AvgIpc) is 2.60. The van der Waals surface area contributed by atoms with Gasteiger partial charge in [-0.3, -0.25) is 14.9 Å². The summed E-state index contributed by atoms with van der Waals surface area (Å²) in [5.74, 6) is -1.60. The highest BCUT2D eigenvalue weighted by atomic mass is 19.1. The monoisotopic (exact) mass is 395 g/mol. The summed E-state index contributed by atoms with van der Waals surface area (Å²) in [4.78, 5) is 36.2. The van der Waals surface area contributed by atoms with Gasteiger partial charge in [0.2, 0.25) is 0 Å². The minimum atomic E-state index is -0.946. The second-order valence-electron chi connectivity index (χ2n) is 8.01. The van der Waals surface area contributed by atoms with Crippen LogP contribution in [0.25, 0.3) is 0 Å². The summed E-state index contributed by atoms with van der Waals surface area (Å²) in [6, 6.07) is 2.61. The van der Waals surface area contributed by atoms with Crippen LogP contribution in [-0.2, 0) is 4.74 Å². The minimum absolute atomic E-state index is 0.00803. The Bertz CT molecular complexity index is 762. The summed E-state index contributed by atoms with van der Waals surface area (Å²) in [5, 5.41) is 13.4. The number of likely N-dealkylation sites (tertiary alicyclic amines) is 1. The molecule has 1 aliphatic rings. The first-order valence-corrected chi connectivity index (χ1v) is 9.20. The van der Waals surface area contributed by atoms with Crippen LogP contribution in [-0.4, -0.2) is 46.6 Å². The highest BCUT2D eigenvalue weighted by molar-refractivity contribution is 5.94. The first kappa shape index (κ1) is 21.6. The van der Waals surface area contributed by atoms with Gasteiger partial charge in [-0.05, 0) is 52.5 Å². The number of hydrogen-bond acceptors (Lipinski definition) is 5. The molecule has 28 heavy (non-hydrogen) atoms. The van der Waals surface area contributed by atoms with Crippen molar-refractivity contribution in [2.75, 3.05) is 13.1 Å². The molecule has 0 aliphatic carbocycles. The van der Waals surface area contributed by atoms with Gasteiger partial charge in [-0.2, -0.15) is 0 Å². The number of nitrogens with one attached hydrogen (secondary N) is 1. The van der Waals surface area contributed by atoms with Crippen LogP contribution in [0.15, 0.2) is 18.2 Å². The minimum Gasteiger partial charge on any atom is -0.444 e. The van der Waals surface area contributed by atoms with Crippen LogP contribution in [0.5, 0.6) is 0 Å². The Morgan fingerprint density at radius 3 is 2.64 bits per heavy atom. The Hall–Kier alpha value is -2.71. The molecule has 1 N–H and O–H groups in total. The van der Waals surface area contributed by atoms with E-state index in [0.29, 0.717) is 13.1 Å². The second kappa shape index (κ2) is 8.53. The van der Waals surface area contributed by atoms with Crippen LogP contribution in [0.1, 0.15) is 50.9 Å². The molecular weight excluding hydrogens is 369 g/mol. The fourth-order valence-corrected chi connectivity index (χ4v) is 3.11. The van der Waals surface area contributed by atoms with Crippen LogP contribution in [0.2, 0.25) is 0 Å². The summed E-state index contributed by atoms with van der Waals surface area (Å²) in [6.07, 6.45) is 1.19. The quantitative estimate of drug-likeness (QED) is 0.621. The molecule has 1 heterocycles. The van der Waals surface area contributed by atoms with Crippen LogP contribution >= 0.6 is 0 Å². The SMILES string of the molecule is C[C@H](NC(=O)c1ccc([N+](=O)[O-])cc1F)[C@@H]1CCCN(C(=O)OC(C)(C)C)C1. The number of benzene rings is 1. The third kappa shape index (κ3) is 5.64. The molecular formula is C19H26FN3O5. The number of non-ortho nitro benzene ring substituents is 1. The molecule has 0 spiro atoms. The topological polar surface area (TPSA) is 102 Å². The lowest BCUT2D eigenvalue weighted by Crippen LogP contribution is -2.49. The number of halogens is 1. The third-order valence-electron chi connectivity index (χ3n) is 4.58. The number of ether oxygens (including phenoxy) is 1. The lowest BCUT2D eigenvalue weighted by molar-refractivity contribution is -0.385. The molecule has 1 saturated heterocycles. The summed E-state index contributed by atoms with van der Waals surface area (Å²) < 4.78 is 19.4. The maximum absolute atomic E-state index is 14.0. The van der Waals surface area contributed by atoms with E-state index >= 15 is 0 Å². The van der Waals surface area contributed by atoms with Crippen LogP contribution in [0.4, 0.5) is 14.9 Å². The van der Waals surface area contributed by atoms with E-state index in [-0.39, 0.29) is 17.5 Å². The van der Waals surface area contributed by atoms with E-state index in [1.807, 2.05) is 0 Å². The lowest BCUT2D eigenvalue weighted by atomic mass is 9.91. The fraction of sp³-hybridized carbons (Fsp3) is 0.579. The summed E-state index contributed by atoms with van der Waals surface area (Å²) in [7, 11) is 0. The Kier molecular flexibility index (Phi) is 6.58. The maximum Gasteiger partial charge on any atom is 0.410 e. The van der Waals surface area contributed by atoms with Gasteiger partial charge in [0.15, 0.2) is 0 Å². The number of nitrogens with zero attached hydrogens (tertiary/aromatic N) is 2. The Morgan fingerprint density at radius 1 is 1.39 bits per heavy atom. The Morgan fingerprint density at radius 2 is 2.07 bits per heavy atom. The van der Waals surface area contributed by atoms with E-state index in [1.165, 1.54) is 0 Å². The van der Waals surface area contributed by atoms with Gasteiger partial charge in [0.1, 0.15) is 11.4 Å². The molecule has 2 atom stereocenters. The summed E-state index contributed by atoms with van der Waals surface area (Å²) >= 11 is 0. The molecule has 1 aromatic rings. The lowest BCUT2D eigenvalue weighted by Gasteiger charge is -2.36. The molecule has 2 amide bonds. The first-order chi connectivity index (χ1) is 13.0. The van der Waals surface area contributed by atoms with Crippen molar-refractivity contribution in [3.63, 3.8) is 0 Å². The van der Waals surface area contributed by atoms with E-state index < -0.39 is 34.0 Å². The molecule has 9 heteroatoms. The fourth-order valence-electron chi connectivity index (χ4n) is 3.11. The van der Waals surface area contributed by atoms with Crippen molar-refractivity contribution in [3.8, 4) is 0 Å². The van der Waals surface area contributed by atoms with E-state index in [2.05, 4.69) is 5.32 Å². The van der Waals surface area contributed by atoms with Gasteiger partial charge >= 0.3 is 6.09 Å². The van der Waals surface area contributed by atoms with E-state index in [0.717, 1.165) is 31.0 Å². The molecule has 8 nitrogen and oxygen atoms in total. The molecule has 0 unspecified atom stereocenters. The zero-order chi connectivity index (χ0) is 21.1. The zero-order valence-corrected chi connectivity index (χ0v) is 16.5. The Balaban J connectivity index is 2.00. The van der Waals surface area contributed by atoms with Gasteiger partial charge in [0, 0.05) is 25.2 Å². The van der Waals surface area contributed by atoms with Gasteiger partial charge < -0.3 is 15.0 Å². The predicted octanol–water partition coefficient (Wildman–Crippen LogP) is 3.50. The van der Waals surface area contributed by atoms with Crippen molar-refractivity contribution in [3.05, 3.63) is 39.7 Å². The van der Waals surface area contributed by atoms with Crippen molar-refractivity contribution in [2.45, 2.75) is 52.2 Å². The molecule has 154 valence electrons. The molecule has 1 aliphatic heterocycles. The number of nitro benzene ring substituents is 1. The average molecular weight is 395 g/mol. The summed E-state index contributed by atoms with van der Waals surface area (Å²) in [6.45, 7) is 8.21. The van der Waals surface area contributed by atoms with Crippen LogP contribution in [0, 0.1) is 21.8 Å². The maximum atomic E-state index is 14.0. The van der Waals surface area contributed by atoms with Crippen LogP contribution < -0.4 is 5.32 Å². The number of carbonyl (C=O) groups excluding carboxylic acids is 2. The highest BCUT2D eigenvalue weighted by Gasteiger charge is 2.31. The number of amides is 2. The van der Waals surface area contributed by atoms with Crippen molar-refractivity contribution in [1.82, 2.24) is 10.2 Å². The van der Waals surface area contributed by atoms with E-state index in [4.69, 9.17) is 4.74 Å². The molecule has 0 saturated carbocycles. The van der Waals surface area contributed by atoms with Gasteiger partial charge in [-0.15, -0.1) is 0 Å². The summed E-state index contributed by atoms with van der Waals surface area (Å²) in [5.41, 5.74) is -1.25. The zero-order valence-electron chi connectivity index (χ0n) is 16.5. The highest BCUT2D eigenvalue weighted by Crippen LogP contribution is 2.23. The van der Waals surface area contributed by atoms with Gasteiger partial charge in [-0.25, -0.2) is 9.18 Å². The molecule has 1 fully saturated rings. The van der Waals surface area contributed by atoms with Crippen molar-refractivity contribution >= 4 is 17.7 Å². The molecule has 0 radical (unpaired) electrons. The number of piperidine rings is 1. The molecule has 2 rings (SSSR count). The smallest absolute Gasteiger partial charge is 0.410 e. The van der Waals surface area contributed by atoms with Crippen molar-refractivity contribution in [1.29, 1.82) is 0 Å². The van der Waals surface area contributed by atoms with Gasteiger partial charge in [0.05, 0.1) is 16.6 Å². The predicted molar refractivity (Wildman–Crippen MR) is 101 cm³/mol. The second-order valence-corrected chi connectivity index (χ2v) is 8.01. The first-order valence-electron chi connectivity index (χ1n) is 9.20. The van der Waals surface area contributed by atoms with Gasteiger partial charge in [0.25, 0.3) is 11.6 Å². The standard InChI is InChI=1S/C19H26FN3O5/c1-12(13-6-5-9-22(11-13)18(25)28-19(2,3)4)21-17(24)15-8-7-14(23(26)27)10-16(15)20/h7-8,10,12-13H,5-6,9,11H2,1-4H3,(H,21,24)/t12-,13+/m0/s1. The number of carbonyl (C=O) groups is 2. The number of nitro groups is 1. The van der Waals surface area contributed by atoms with E-state index in [1.54, 1.807) is 32.6 Å². The largest absolute Gasteiger partial charge is 0.444 e. The molecule has 1 aromatic carbocycles. The number of rotatable bonds is 4. The van der Waals surface area contributed by atoms with Crippen molar-refractivity contribution in [2.24, 2.45) is 5.92 Å². The van der Waals surface area contributed by atoms with E-state index in [9.17, 15) is 24.1 Å². The van der Waals surface area contributed by atoms with Crippen LogP contribution in [0.3, 0.4) is 0 Å². The third-order valence-corrected chi connectivity index (χ3v) is 4.58. The Labute approximate surface area is 163 Å². The molecule has 0 aromatic heterocycles. The molecule has 0 bridgehead atoms. The number of hydrogen-bond donors (Lipinski definition) is 1. The normalized spacial score (nSPS) is 18.3.